The van der Waals surface area contributed by atoms with Crippen LogP contribution in [0.25, 0.3) is 21.9 Å². The molecule has 2 aromatic heterocycles. The maximum Gasteiger partial charge on any atom is 0.350 e. The Morgan fingerprint density at radius 3 is 2.82 bits per heavy atom. The van der Waals surface area contributed by atoms with Gasteiger partial charge in [0.15, 0.2) is 6.20 Å². The number of rotatable bonds is 0. The number of benzene rings is 1. The topological polar surface area (TPSA) is 34.1 Å². The van der Waals surface area contributed by atoms with Crippen molar-refractivity contribution in [1.82, 2.24) is 0 Å². The highest BCUT2D eigenvalue weighted by Gasteiger charge is 2.16. The predicted octanol–water partition coefficient (Wildman–Crippen LogP) is 2.08. The van der Waals surface area contributed by atoms with Gasteiger partial charge in [-0.15, -0.1) is 0 Å². The monoisotopic (exact) mass is 226 g/mol. The molecule has 84 valence electrons. The number of hydrogen-bond donors (Lipinski definition) is 0. The number of pyridine rings is 1. The lowest BCUT2D eigenvalue weighted by Gasteiger charge is -2.02. The van der Waals surface area contributed by atoms with Crippen molar-refractivity contribution in [2.45, 2.75) is 6.92 Å². The molecule has 0 aliphatic carbocycles. The van der Waals surface area contributed by atoms with Crippen molar-refractivity contribution >= 4 is 21.9 Å². The van der Waals surface area contributed by atoms with Gasteiger partial charge in [0.05, 0.1) is 5.39 Å². The van der Waals surface area contributed by atoms with Crippen LogP contribution >= 0.6 is 0 Å². The van der Waals surface area contributed by atoms with Crippen molar-refractivity contribution in [3.05, 3.63) is 52.5 Å². The molecule has 3 rings (SSSR count). The Morgan fingerprint density at radius 2 is 2.00 bits per heavy atom. The first-order valence-corrected chi connectivity index (χ1v) is 5.49. The van der Waals surface area contributed by atoms with Crippen LogP contribution in [0.2, 0.25) is 0 Å². The fourth-order valence-corrected chi connectivity index (χ4v) is 2.27. The molecule has 0 radical (unpaired) electrons. The number of nitrogens with zero attached hydrogens (tertiary/aromatic N) is 1. The second kappa shape index (κ2) is 3.42. The van der Waals surface area contributed by atoms with Crippen LogP contribution in [-0.2, 0) is 7.05 Å². The molecule has 0 N–H and O–H groups in total. The number of hydrogen-bond acceptors (Lipinski definition) is 2. The van der Waals surface area contributed by atoms with Gasteiger partial charge in [0.2, 0.25) is 5.52 Å². The number of fused-ring (bicyclic) bond motifs is 3. The highest BCUT2D eigenvalue weighted by molar-refractivity contribution is 6.01. The van der Waals surface area contributed by atoms with Gasteiger partial charge < -0.3 is 4.42 Å². The summed E-state index contributed by atoms with van der Waals surface area (Å²) >= 11 is 0. The smallest absolute Gasteiger partial charge is 0.350 e. The minimum Gasteiger partial charge on any atom is -0.422 e. The van der Waals surface area contributed by atoms with E-state index in [1.54, 1.807) is 6.07 Å². The molecule has 1 aromatic carbocycles. The first kappa shape index (κ1) is 10.0. The van der Waals surface area contributed by atoms with E-state index >= 15 is 0 Å². The highest BCUT2D eigenvalue weighted by atomic mass is 16.4. The SMILES string of the molecule is Cc1cccc2oc(=O)c3ccc[n+](C)c3c12. The summed E-state index contributed by atoms with van der Waals surface area (Å²) in [5.41, 5.74) is 2.40. The molecular weight excluding hydrogens is 214 g/mol. The molecule has 0 atom stereocenters. The van der Waals surface area contributed by atoms with E-state index in [9.17, 15) is 4.79 Å². The molecule has 3 heteroatoms. The van der Waals surface area contributed by atoms with Crippen LogP contribution in [0.3, 0.4) is 0 Å². The van der Waals surface area contributed by atoms with Gasteiger partial charge in [-0.25, -0.2) is 9.36 Å². The third kappa shape index (κ3) is 1.35. The van der Waals surface area contributed by atoms with Crippen LogP contribution in [0.4, 0.5) is 0 Å². The molecule has 0 spiro atoms. The average molecular weight is 226 g/mol. The largest absolute Gasteiger partial charge is 0.422 e. The number of aromatic nitrogens is 1. The van der Waals surface area contributed by atoms with E-state index in [1.165, 1.54) is 0 Å². The summed E-state index contributed by atoms with van der Waals surface area (Å²) in [7, 11) is 1.94. The fourth-order valence-electron chi connectivity index (χ4n) is 2.27. The lowest BCUT2D eigenvalue weighted by molar-refractivity contribution is -0.644. The maximum atomic E-state index is 11.9. The quantitative estimate of drug-likeness (QED) is 0.334. The molecule has 2 heterocycles. The van der Waals surface area contributed by atoms with Crippen molar-refractivity contribution < 1.29 is 8.98 Å². The lowest BCUT2D eigenvalue weighted by atomic mass is 10.1. The molecule has 0 saturated carbocycles. The summed E-state index contributed by atoms with van der Waals surface area (Å²) in [4.78, 5) is 11.9. The van der Waals surface area contributed by atoms with E-state index in [-0.39, 0.29) is 5.63 Å². The molecule has 3 aromatic rings. The zero-order chi connectivity index (χ0) is 12.0. The summed E-state index contributed by atoms with van der Waals surface area (Å²) in [6, 6.07) is 9.40. The first-order chi connectivity index (χ1) is 8.18. The summed E-state index contributed by atoms with van der Waals surface area (Å²) in [6.07, 6.45) is 1.94. The first-order valence-electron chi connectivity index (χ1n) is 5.49. The van der Waals surface area contributed by atoms with Crippen LogP contribution < -0.4 is 10.2 Å². The van der Waals surface area contributed by atoms with Crippen LogP contribution in [0, 0.1) is 6.92 Å². The van der Waals surface area contributed by atoms with Crippen molar-refractivity contribution in [3.63, 3.8) is 0 Å². The van der Waals surface area contributed by atoms with Gasteiger partial charge in [-0.3, -0.25) is 0 Å². The minimum atomic E-state index is -0.283. The molecule has 17 heavy (non-hydrogen) atoms. The van der Waals surface area contributed by atoms with E-state index < -0.39 is 0 Å². The molecule has 0 bridgehead atoms. The summed E-state index contributed by atoms with van der Waals surface area (Å²) in [5, 5.41) is 1.63. The molecule has 0 aliphatic rings. The average Bonchev–Trinajstić information content (AvgIpc) is 2.30. The Kier molecular flexibility index (Phi) is 2.01. The molecular formula is C14H12NO2+. The zero-order valence-corrected chi connectivity index (χ0v) is 9.73. The van der Waals surface area contributed by atoms with Crippen LogP contribution in [0.5, 0.6) is 0 Å². The zero-order valence-electron chi connectivity index (χ0n) is 9.73. The summed E-state index contributed by atoms with van der Waals surface area (Å²) < 4.78 is 7.30. The number of aryl methyl sites for hydroxylation is 2. The lowest BCUT2D eigenvalue weighted by Crippen LogP contribution is -2.29. The van der Waals surface area contributed by atoms with E-state index in [0.29, 0.717) is 11.0 Å². The van der Waals surface area contributed by atoms with E-state index in [0.717, 1.165) is 16.5 Å². The maximum absolute atomic E-state index is 11.9. The van der Waals surface area contributed by atoms with E-state index in [2.05, 4.69) is 0 Å². The molecule has 0 amide bonds. The van der Waals surface area contributed by atoms with E-state index in [4.69, 9.17) is 4.42 Å². The molecule has 0 saturated heterocycles. The minimum absolute atomic E-state index is 0.283. The third-order valence-corrected chi connectivity index (χ3v) is 3.07. The molecule has 0 unspecified atom stereocenters. The summed E-state index contributed by atoms with van der Waals surface area (Å²) in [5.74, 6) is 0. The highest BCUT2D eigenvalue weighted by Crippen LogP contribution is 2.22. The van der Waals surface area contributed by atoms with Crippen molar-refractivity contribution in [2.75, 3.05) is 0 Å². The normalized spacial score (nSPS) is 11.2. The molecule has 0 aliphatic heterocycles. The van der Waals surface area contributed by atoms with Gasteiger partial charge in [0, 0.05) is 6.07 Å². The Hall–Kier alpha value is -2.16. The van der Waals surface area contributed by atoms with Crippen LogP contribution in [0.1, 0.15) is 5.56 Å². The van der Waals surface area contributed by atoms with Crippen molar-refractivity contribution in [1.29, 1.82) is 0 Å². The second-order valence-electron chi connectivity index (χ2n) is 4.22. The molecule has 0 fully saturated rings. The summed E-state index contributed by atoms with van der Waals surface area (Å²) in [6.45, 7) is 2.02. The van der Waals surface area contributed by atoms with Gasteiger partial charge in [-0.2, -0.15) is 0 Å². The Labute approximate surface area is 97.9 Å². The fraction of sp³-hybridized carbons (Fsp3) is 0.143. The van der Waals surface area contributed by atoms with Crippen LogP contribution in [0.15, 0.2) is 45.7 Å². The van der Waals surface area contributed by atoms with Gasteiger partial charge in [-0.1, -0.05) is 12.1 Å². The Morgan fingerprint density at radius 1 is 1.18 bits per heavy atom. The molecule has 3 nitrogen and oxygen atoms in total. The Balaban J connectivity index is 2.76. The van der Waals surface area contributed by atoms with Crippen molar-refractivity contribution in [2.24, 2.45) is 7.05 Å². The van der Waals surface area contributed by atoms with Gasteiger partial charge in [0.25, 0.3) is 0 Å². The van der Waals surface area contributed by atoms with E-state index in [1.807, 2.05) is 49.0 Å². The van der Waals surface area contributed by atoms with Crippen LogP contribution in [-0.4, -0.2) is 0 Å². The van der Waals surface area contributed by atoms with Gasteiger partial charge >= 0.3 is 5.63 Å². The second-order valence-corrected chi connectivity index (χ2v) is 4.22. The Bertz CT molecular complexity index is 787. The van der Waals surface area contributed by atoms with Crippen molar-refractivity contribution in [3.8, 4) is 0 Å². The predicted molar refractivity (Wildman–Crippen MR) is 65.9 cm³/mol. The van der Waals surface area contributed by atoms with Gasteiger partial charge in [0.1, 0.15) is 18.0 Å². The van der Waals surface area contributed by atoms with Gasteiger partial charge in [-0.05, 0) is 24.6 Å². The third-order valence-electron chi connectivity index (χ3n) is 3.07. The standard InChI is InChI=1S/C14H12NO2/c1-9-5-3-7-11-12(9)13-10(14(16)17-11)6-4-8-15(13)2/h3-8H,1-2H3/q+1.